The van der Waals surface area contributed by atoms with Gasteiger partial charge in [-0.05, 0) is 35.3 Å². The Morgan fingerprint density at radius 3 is 2.56 bits per heavy atom. The summed E-state index contributed by atoms with van der Waals surface area (Å²) in [5, 5.41) is 2.89. The van der Waals surface area contributed by atoms with Crippen molar-refractivity contribution >= 4 is 17.9 Å². The number of benzene rings is 2. The zero-order chi connectivity index (χ0) is 19.6. The number of hydrogen-bond donors (Lipinski definition) is 2. The molecule has 6 nitrogen and oxygen atoms in total. The van der Waals surface area contributed by atoms with Crippen LogP contribution in [0.1, 0.15) is 24.0 Å². The van der Waals surface area contributed by atoms with E-state index in [0.29, 0.717) is 18.0 Å². The summed E-state index contributed by atoms with van der Waals surface area (Å²) in [6.45, 7) is 2.39. The van der Waals surface area contributed by atoms with Crippen LogP contribution in [0.2, 0.25) is 0 Å². The molecule has 2 aromatic carbocycles. The van der Waals surface area contributed by atoms with Crippen molar-refractivity contribution in [2.45, 2.75) is 12.8 Å². The van der Waals surface area contributed by atoms with E-state index in [1.165, 1.54) is 18.7 Å². The molecule has 0 aliphatic rings. The lowest BCUT2D eigenvalue weighted by molar-refractivity contribution is -0.120. The maximum atomic E-state index is 12.0. The number of hydrogen-bond acceptors (Lipinski definition) is 4. The molecule has 1 atom stereocenters. The number of ether oxygens (including phenoxy) is 2. The van der Waals surface area contributed by atoms with Gasteiger partial charge >= 0.3 is 0 Å². The van der Waals surface area contributed by atoms with Gasteiger partial charge in [-0.1, -0.05) is 43.3 Å². The van der Waals surface area contributed by atoms with Crippen LogP contribution in [0, 0.1) is 0 Å². The van der Waals surface area contributed by atoms with Gasteiger partial charge < -0.3 is 20.5 Å². The van der Waals surface area contributed by atoms with E-state index < -0.39 is 5.91 Å². The molecule has 0 fully saturated rings. The molecule has 0 aliphatic carbocycles. The maximum absolute atomic E-state index is 12.0. The summed E-state index contributed by atoms with van der Waals surface area (Å²) in [5.41, 5.74) is 7.02. The largest absolute Gasteiger partial charge is 0.493 e. The van der Waals surface area contributed by atoms with Crippen LogP contribution in [0.25, 0.3) is 6.08 Å². The summed E-state index contributed by atoms with van der Waals surface area (Å²) >= 11 is 0. The van der Waals surface area contributed by atoms with Gasteiger partial charge in [-0.2, -0.15) is 0 Å². The fraction of sp³-hybridized carbons (Fsp3) is 0.238. The topological polar surface area (TPSA) is 90.7 Å². The molecule has 0 spiro atoms. The first-order valence-corrected chi connectivity index (χ1v) is 8.59. The predicted molar refractivity (Wildman–Crippen MR) is 105 cm³/mol. The van der Waals surface area contributed by atoms with Crippen molar-refractivity contribution in [3.63, 3.8) is 0 Å². The van der Waals surface area contributed by atoms with Crippen LogP contribution in [0.3, 0.4) is 0 Å². The third kappa shape index (κ3) is 6.51. The maximum Gasteiger partial charge on any atom is 0.255 e. The van der Waals surface area contributed by atoms with Crippen molar-refractivity contribution < 1.29 is 19.1 Å². The molecule has 0 saturated carbocycles. The summed E-state index contributed by atoms with van der Waals surface area (Å²) in [5.74, 6) is 0.352. The fourth-order valence-electron chi connectivity index (χ4n) is 2.44. The second-order valence-electron chi connectivity index (χ2n) is 6.06. The van der Waals surface area contributed by atoms with Crippen LogP contribution in [0.4, 0.5) is 0 Å². The Labute approximate surface area is 159 Å². The molecule has 0 aromatic heterocycles. The van der Waals surface area contributed by atoms with E-state index in [1.54, 1.807) is 24.3 Å². The minimum absolute atomic E-state index is 0.175. The molecule has 0 aliphatic heterocycles. The lowest BCUT2D eigenvalue weighted by Gasteiger charge is -2.12. The Balaban J connectivity index is 1.92. The van der Waals surface area contributed by atoms with Crippen molar-refractivity contribution in [2.75, 3.05) is 20.3 Å². The molecule has 0 radical (unpaired) electrons. The Bertz CT molecular complexity index is 803. The predicted octanol–water partition coefficient (Wildman–Crippen LogP) is 2.49. The number of methoxy groups -OCH3 is 1. The number of rotatable bonds is 9. The Hall–Kier alpha value is -3.28. The summed E-state index contributed by atoms with van der Waals surface area (Å²) < 4.78 is 10.5. The second kappa shape index (κ2) is 10.0. The smallest absolute Gasteiger partial charge is 0.255 e. The summed E-state index contributed by atoms with van der Waals surface area (Å²) in [6.07, 6.45) is 3.15. The van der Waals surface area contributed by atoms with Crippen molar-refractivity contribution in [3.05, 3.63) is 65.7 Å². The van der Waals surface area contributed by atoms with Crippen LogP contribution in [-0.4, -0.2) is 32.1 Å². The number of primary amides is 1. The van der Waals surface area contributed by atoms with Crippen LogP contribution >= 0.6 is 0 Å². The van der Waals surface area contributed by atoms with E-state index >= 15 is 0 Å². The van der Waals surface area contributed by atoms with E-state index in [2.05, 4.69) is 12.2 Å². The molecular weight excluding hydrogens is 344 g/mol. The highest BCUT2D eigenvalue weighted by Crippen LogP contribution is 2.28. The number of carbonyl (C=O) groups is 2. The van der Waals surface area contributed by atoms with Gasteiger partial charge in [0.25, 0.3) is 5.91 Å². The van der Waals surface area contributed by atoms with Crippen molar-refractivity contribution in [3.8, 4) is 11.5 Å². The van der Waals surface area contributed by atoms with E-state index in [-0.39, 0.29) is 18.4 Å². The van der Waals surface area contributed by atoms with Gasteiger partial charge in [-0.25, -0.2) is 0 Å². The molecule has 0 heterocycles. The Kier molecular flexibility index (Phi) is 7.43. The first kappa shape index (κ1) is 20.0. The molecule has 3 N–H and O–H groups in total. The number of nitrogens with one attached hydrogen (secondary N) is 1. The lowest BCUT2D eigenvalue weighted by atomic mass is 10.0. The molecule has 27 heavy (non-hydrogen) atoms. The average Bonchev–Trinajstić information content (AvgIpc) is 2.69. The van der Waals surface area contributed by atoms with Crippen molar-refractivity contribution in [1.82, 2.24) is 5.32 Å². The molecule has 2 amide bonds. The SMILES string of the molecule is COc1cc(/C=C/C(=O)NC[C@H](C)c2ccccc2)ccc1OCC(N)=O. The third-order valence-electron chi connectivity index (χ3n) is 3.94. The lowest BCUT2D eigenvalue weighted by Crippen LogP contribution is -2.25. The van der Waals surface area contributed by atoms with E-state index in [0.717, 1.165) is 5.56 Å². The summed E-state index contributed by atoms with van der Waals surface area (Å²) in [6, 6.07) is 15.2. The van der Waals surface area contributed by atoms with Gasteiger partial charge in [0.2, 0.25) is 5.91 Å². The minimum Gasteiger partial charge on any atom is -0.493 e. The van der Waals surface area contributed by atoms with E-state index in [4.69, 9.17) is 15.2 Å². The zero-order valence-electron chi connectivity index (χ0n) is 15.5. The molecule has 0 saturated heterocycles. The number of amides is 2. The van der Waals surface area contributed by atoms with Crippen LogP contribution in [0.5, 0.6) is 11.5 Å². The van der Waals surface area contributed by atoms with Crippen molar-refractivity contribution in [1.29, 1.82) is 0 Å². The van der Waals surface area contributed by atoms with Gasteiger partial charge in [0.05, 0.1) is 7.11 Å². The quantitative estimate of drug-likeness (QED) is 0.666. The standard InChI is InChI=1S/C21H24N2O4/c1-15(17-6-4-3-5-7-17)13-23-21(25)11-9-16-8-10-18(19(12-16)26-2)27-14-20(22)24/h3-12,15H,13-14H2,1-2H3,(H2,22,24)(H,23,25)/b11-9+/t15-/m0/s1. The van der Waals surface area contributed by atoms with E-state index in [1.807, 2.05) is 30.3 Å². The fourth-order valence-corrected chi connectivity index (χ4v) is 2.44. The zero-order valence-corrected chi connectivity index (χ0v) is 15.5. The highest BCUT2D eigenvalue weighted by Gasteiger charge is 2.08. The average molecular weight is 368 g/mol. The summed E-state index contributed by atoms with van der Waals surface area (Å²) in [7, 11) is 1.50. The van der Waals surface area contributed by atoms with Gasteiger partial charge in [0.1, 0.15) is 0 Å². The van der Waals surface area contributed by atoms with Crippen LogP contribution in [-0.2, 0) is 9.59 Å². The van der Waals surface area contributed by atoms with Crippen LogP contribution < -0.4 is 20.5 Å². The highest BCUT2D eigenvalue weighted by atomic mass is 16.5. The highest BCUT2D eigenvalue weighted by molar-refractivity contribution is 5.91. The molecule has 0 unspecified atom stereocenters. The molecule has 0 bridgehead atoms. The Morgan fingerprint density at radius 2 is 1.89 bits per heavy atom. The van der Waals surface area contributed by atoms with Gasteiger partial charge in [0, 0.05) is 12.6 Å². The summed E-state index contributed by atoms with van der Waals surface area (Å²) in [4.78, 5) is 22.9. The molecular formula is C21H24N2O4. The molecule has 2 rings (SSSR count). The molecule has 142 valence electrons. The van der Waals surface area contributed by atoms with Crippen molar-refractivity contribution in [2.24, 2.45) is 5.73 Å². The van der Waals surface area contributed by atoms with Gasteiger partial charge in [-0.15, -0.1) is 0 Å². The van der Waals surface area contributed by atoms with Crippen LogP contribution in [0.15, 0.2) is 54.6 Å². The molecule has 6 heteroatoms. The Morgan fingerprint density at radius 1 is 1.15 bits per heavy atom. The number of nitrogens with two attached hydrogens (primary N) is 1. The first-order valence-electron chi connectivity index (χ1n) is 8.59. The first-order chi connectivity index (χ1) is 13.0. The third-order valence-corrected chi connectivity index (χ3v) is 3.94. The normalized spacial score (nSPS) is 11.8. The number of carbonyl (C=O) groups excluding carboxylic acids is 2. The van der Waals surface area contributed by atoms with Gasteiger partial charge in [-0.3, -0.25) is 9.59 Å². The second-order valence-corrected chi connectivity index (χ2v) is 6.06. The van der Waals surface area contributed by atoms with E-state index in [9.17, 15) is 9.59 Å². The minimum atomic E-state index is -0.567. The monoisotopic (exact) mass is 368 g/mol. The molecule has 2 aromatic rings. The van der Waals surface area contributed by atoms with Gasteiger partial charge in [0.15, 0.2) is 18.1 Å².